The number of methoxy groups -OCH3 is 1. The molecule has 3 aromatic heterocycles. The highest BCUT2D eigenvalue weighted by atomic mass is 32.1. The smallest absolute Gasteiger partial charge is 0.251 e. The quantitative estimate of drug-likeness (QED) is 0.140. The molecule has 0 saturated carbocycles. The van der Waals surface area contributed by atoms with Crippen molar-refractivity contribution in [2.75, 3.05) is 30.9 Å². The molecule has 45 heavy (non-hydrogen) atoms. The number of nitrogens with zero attached hydrogens (tertiary/aromatic N) is 4. The first-order valence-corrected chi connectivity index (χ1v) is 15.3. The van der Waals surface area contributed by atoms with Crippen LogP contribution in [0.5, 0.6) is 0 Å². The first-order chi connectivity index (χ1) is 22.1. The van der Waals surface area contributed by atoms with E-state index in [0.29, 0.717) is 41.7 Å². The van der Waals surface area contributed by atoms with Crippen LogP contribution in [0.3, 0.4) is 0 Å². The van der Waals surface area contributed by atoms with Crippen molar-refractivity contribution in [2.24, 2.45) is 0 Å². The van der Waals surface area contributed by atoms with Gasteiger partial charge in [0.05, 0.1) is 17.8 Å². The molecule has 0 aliphatic carbocycles. The summed E-state index contributed by atoms with van der Waals surface area (Å²) in [6.45, 7) is 1.12. The minimum atomic E-state index is -0.161. The van der Waals surface area contributed by atoms with Crippen LogP contribution in [-0.4, -0.2) is 51.4 Å². The van der Waals surface area contributed by atoms with Crippen LogP contribution >= 0.6 is 11.3 Å². The van der Waals surface area contributed by atoms with Crippen LogP contribution in [0.25, 0.3) is 27.6 Å². The van der Waals surface area contributed by atoms with Crippen LogP contribution < -0.4 is 16.0 Å². The van der Waals surface area contributed by atoms with Crippen molar-refractivity contribution in [3.8, 4) is 22.6 Å². The molecule has 0 spiro atoms. The van der Waals surface area contributed by atoms with Crippen molar-refractivity contribution in [1.29, 1.82) is 0 Å². The fourth-order valence-corrected chi connectivity index (χ4v) is 5.62. The summed E-state index contributed by atoms with van der Waals surface area (Å²) >= 11 is 1.53. The Morgan fingerprint density at radius 1 is 0.933 bits per heavy atom. The molecular formula is C34H31N7O3S. The van der Waals surface area contributed by atoms with Crippen LogP contribution in [0.4, 0.5) is 17.3 Å². The van der Waals surface area contributed by atoms with Gasteiger partial charge in [0, 0.05) is 60.5 Å². The molecule has 0 fully saturated rings. The molecule has 11 heteroatoms. The predicted octanol–water partition coefficient (Wildman–Crippen LogP) is 6.21. The normalized spacial score (nSPS) is 11.0. The fourth-order valence-electron chi connectivity index (χ4n) is 4.90. The number of hydrogen-bond acceptors (Lipinski definition) is 8. The van der Waals surface area contributed by atoms with Gasteiger partial charge in [-0.25, -0.2) is 15.0 Å². The Bertz CT molecular complexity index is 1940. The first-order valence-electron chi connectivity index (χ1n) is 14.4. The van der Waals surface area contributed by atoms with Crippen molar-refractivity contribution < 1.29 is 14.3 Å². The number of ether oxygens (including phenoxy) is 1. The SMILES string of the molecule is COCCCNC(=O)c1cccc(Nc2nccc(-c3c(-c4cccc(NC(=O)Cc5ccccc5)c4)nc4sccn34)n2)c1. The van der Waals surface area contributed by atoms with Gasteiger partial charge in [-0.1, -0.05) is 48.5 Å². The van der Waals surface area contributed by atoms with E-state index in [-0.39, 0.29) is 18.2 Å². The third-order valence-electron chi connectivity index (χ3n) is 6.98. The lowest BCUT2D eigenvalue weighted by Gasteiger charge is -2.10. The average Bonchev–Trinajstić information content (AvgIpc) is 3.66. The Kier molecular flexibility index (Phi) is 9.19. The van der Waals surface area contributed by atoms with Crippen LogP contribution in [-0.2, 0) is 16.0 Å². The number of nitrogens with one attached hydrogen (secondary N) is 3. The van der Waals surface area contributed by atoms with E-state index in [1.165, 1.54) is 11.3 Å². The summed E-state index contributed by atoms with van der Waals surface area (Å²) < 4.78 is 7.05. The summed E-state index contributed by atoms with van der Waals surface area (Å²) in [5.74, 6) is 0.124. The Hall–Kier alpha value is -5.39. The number of benzene rings is 3. The van der Waals surface area contributed by atoms with Gasteiger partial charge >= 0.3 is 0 Å². The molecule has 6 aromatic rings. The maximum absolute atomic E-state index is 12.8. The molecule has 0 atom stereocenters. The molecular weight excluding hydrogens is 586 g/mol. The van der Waals surface area contributed by atoms with E-state index in [4.69, 9.17) is 14.7 Å². The molecule has 2 amide bonds. The molecule has 0 unspecified atom stereocenters. The average molecular weight is 618 g/mol. The van der Waals surface area contributed by atoms with Crippen molar-refractivity contribution in [2.45, 2.75) is 12.8 Å². The van der Waals surface area contributed by atoms with Crippen molar-refractivity contribution in [3.05, 3.63) is 114 Å². The fraction of sp³-hybridized carbons (Fsp3) is 0.147. The van der Waals surface area contributed by atoms with E-state index < -0.39 is 0 Å². The number of rotatable bonds is 12. The van der Waals surface area contributed by atoms with E-state index >= 15 is 0 Å². The summed E-state index contributed by atoms with van der Waals surface area (Å²) in [5, 5.41) is 11.1. The Labute approximate surface area is 264 Å². The van der Waals surface area contributed by atoms with E-state index in [1.807, 2.05) is 88.8 Å². The number of amides is 2. The highest BCUT2D eigenvalue weighted by Gasteiger charge is 2.19. The zero-order chi connectivity index (χ0) is 31.0. The van der Waals surface area contributed by atoms with E-state index in [2.05, 4.69) is 20.9 Å². The monoisotopic (exact) mass is 617 g/mol. The number of aromatic nitrogens is 4. The molecule has 0 aliphatic rings. The number of carbonyl (C=O) groups excluding carboxylic acids is 2. The van der Waals surface area contributed by atoms with Crippen molar-refractivity contribution in [3.63, 3.8) is 0 Å². The summed E-state index contributed by atoms with van der Waals surface area (Å²) in [6.07, 6.45) is 4.67. The number of fused-ring (bicyclic) bond motifs is 1. The predicted molar refractivity (Wildman–Crippen MR) is 177 cm³/mol. The molecule has 0 radical (unpaired) electrons. The number of hydrogen-bond donors (Lipinski definition) is 3. The summed E-state index contributed by atoms with van der Waals surface area (Å²) in [5.41, 5.74) is 5.89. The lowest BCUT2D eigenvalue weighted by Crippen LogP contribution is -2.25. The van der Waals surface area contributed by atoms with E-state index in [1.54, 1.807) is 25.4 Å². The number of imidazole rings is 1. The molecule has 3 aromatic carbocycles. The lowest BCUT2D eigenvalue weighted by molar-refractivity contribution is -0.115. The van der Waals surface area contributed by atoms with Crippen LogP contribution in [0.15, 0.2) is 103 Å². The van der Waals surface area contributed by atoms with Gasteiger partial charge in [-0.15, -0.1) is 11.3 Å². The molecule has 3 N–H and O–H groups in total. The summed E-state index contributed by atoms with van der Waals surface area (Å²) in [7, 11) is 1.64. The largest absolute Gasteiger partial charge is 0.385 e. The Morgan fingerprint density at radius 3 is 2.64 bits per heavy atom. The standard InChI is InChI=1S/C34H31N7O3S/c1-44-18-7-15-35-32(43)25-11-6-13-27(22-25)38-33-36-16-14-28(39-33)31-30(40-34-41(31)17-19-45-34)24-10-5-12-26(21-24)37-29(42)20-23-8-3-2-4-9-23/h2-6,8-14,16-17,19,21-22H,7,15,18,20H2,1H3,(H,35,43)(H,37,42)(H,36,38,39). The van der Waals surface area contributed by atoms with Gasteiger partial charge in [0.25, 0.3) is 5.91 Å². The van der Waals surface area contributed by atoms with Crippen LogP contribution in [0.1, 0.15) is 22.3 Å². The molecule has 6 rings (SSSR count). The molecule has 226 valence electrons. The topological polar surface area (TPSA) is 123 Å². The summed E-state index contributed by atoms with van der Waals surface area (Å²) in [6, 6.07) is 26.3. The van der Waals surface area contributed by atoms with Gasteiger partial charge in [-0.3, -0.25) is 14.0 Å². The highest BCUT2D eigenvalue weighted by molar-refractivity contribution is 7.15. The zero-order valence-corrected chi connectivity index (χ0v) is 25.4. The van der Waals surface area contributed by atoms with Crippen molar-refractivity contribution in [1.82, 2.24) is 24.7 Å². The van der Waals surface area contributed by atoms with Crippen molar-refractivity contribution >= 4 is 45.4 Å². The maximum atomic E-state index is 12.8. The molecule has 0 saturated heterocycles. The second-order valence-electron chi connectivity index (χ2n) is 10.2. The summed E-state index contributed by atoms with van der Waals surface area (Å²) in [4.78, 5) is 40.4. The van der Waals surface area contributed by atoms with Gasteiger partial charge in [0.1, 0.15) is 5.69 Å². The number of carbonyl (C=O) groups is 2. The van der Waals surface area contributed by atoms with Gasteiger partial charge < -0.3 is 20.7 Å². The second kappa shape index (κ2) is 13.9. The van der Waals surface area contributed by atoms with Gasteiger partial charge in [-0.05, 0) is 48.4 Å². The lowest BCUT2D eigenvalue weighted by atomic mass is 10.1. The van der Waals surface area contributed by atoms with Gasteiger partial charge in [-0.2, -0.15) is 0 Å². The molecule has 0 aliphatic heterocycles. The van der Waals surface area contributed by atoms with Gasteiger partial charge in [0.15, 0.2) is 4.96 Å². The second-order valence-corrected chi connectivity index (χ2v) is 11.1. The van der Waals surface area contributed by atoms with E-state index in [9.17, 15) is 9.59 Å². The maximum Gasteiger partial charge on any atom is 0.251 e. The first kappa shape index (κ1) is 29.7. The highest BCUT2D eigenvalue weighted by Crippen LogP contribution is 2.35. The number of thiazole rings is 1. The Morgan fingerprint density at radius 2 is 1.78 bits per heavy atom. The molecule has 10 nitrogen and oxygen atoms in total. The zero-order valence-electron chi connectivity index (χ0n) is 24.6. The Balaban J connectivity index is 1.24. The third kappa shape index (κ3) is 7.23. The number of anilines is 3. The van der Waals surface area contributed by atoms with Crippen LogP contribution in [0, 0.1) is 0 Å². The van der Waals surface area contributed by atoms with E-state index in [0.717, 1.165) is 33.9 Å². The molecule has 0 bridgehead atoms. The van der Waals surface area contributed by atoms with Gasteiger partial charge in [0.2, 0.25) is 11.9 Å². The minimum Gasteiger partial charge on any atom is -0.385 e. The minimum absolute atomic E-state index is 0.0939. The third-order valence-corrected chi connectivity index (χ3v) is 7.74. The van der Waals surface area contributed by atoms with Crippen LogP contribution in [0.2, 0.25) is 0 Å². The molecule has 3 heterocycles.